The topological polar surface area (TPSA) is 99.2 Å². The van der Waals surface area contributed by atoms with Crippen molar-refractivity contribution in [1.29, 1.82) is 0 Å². The second-order valence-electron chi connectivity index (χ2n) is 5.53. The van der Waals surface area contributed by atoms with Gasteiger partial charge < -0.3 is 20.9 Å². The van der Waals surface area contributed by atoms with Crippen LogP contribution in [-0.4, -0.2) is 46.1 Å². The van der Waals surface area contributed by atoms with Gasteiger partial charge in [0.15, 0.2) is 5.84 Å². The molecule has 18 heavy (non-hydrogen) atoms. The molecule has 4 N–H and O–H groups in total. The summed E-state index contributed by atoms with van der Waals surface area (Å²) in [6, 6.07) is 0.226. The Labute approximate surface area is 106 Å². The fourth-order valence-corrected chi connectivity index (χ4v) is 2.94. The lowest BCUT2D eigenvalue weighted by molar-refractivity contribution is -0.145. The molecule has 0 radical (unpaired) electrons. The molecule has 0 atom stereocenters. The number of carbonyl (C=O) groups is 1. The predicted molar refractivity (Wildman–Crippen MR) is 66.1 cm³/mol. The Morgan fingerprint density at radius 2 is 2.11 bits per heavy atom. The van der Waals surface area contributed by atoms with E-state index in [-0.39, 0.29) is 24.4 Å². The van der Waals surface area contributed by atoms with Crippen LogP contribution in [0.5, 0.6) is 0 Å². The summed E-state index contributed by atoms with van der Waals surface area (Å²) in [6.45, 7) is 2.33. The first kappa shape index (κ1) is 13.1. The Bertz CT molecular complexity index is 360. The number of oxime groups is 1. The lowest BCUT2D eigenvalue weighted by Crippen LogP contribution is -2.58. The summed E-state index contributed by atoms with van der Waals surface area (Å²) in [5, 5.41) is 21.0. The smallest absolute Gasteiger partial charge is 0.236 e. The Kier molecular flexibility index (Phi) is 3.47. The summed E-state index contributed by atoms with van der Waals surface area (Å²) in [4.78, 5) is 14.3. The maximum Gasteiger partial charge on any atom is 0.236 e. The molecule has 0 spiro atoms. The monoisotopic (exact) mass is 255 g/mol. The molecule has 0 aromatic carbocycles. The van der Waals surface area contributed by atoms with Gasteiger partial charge in [-0.1, -0.05) is 12.1 Å². The first-order chi connectivity index (χ1) is 8.55. The Hall–Kier alpha value is -1.30. The zero-order valence-corrected chi connectivity index (χ0v) is 10.7. The lowest BCUT2D eigenvalue weighted by atomic mass is 9.61. The van der Waals surface area contributed by atoms with Crippen LogP contribution in [0, 0.1) is 11.3 Å². The van der Waals surface area contributed by atoms with Crippen molar-refractivity contribution in [1.82, 2.24) is 4.90 Å². The van der Waals surface area contributed by atoms with Crippen molar-refractivity contribution in [2.24, 2.45) is 22.2 Å². The second kappa shape index (κ2) is 4.76. The number of amides is 1. The molecule has 2 aliphatic carbocycles. The van der Waals surface area contributed by atoms with E-state index in [0.717, 1.165) is 12.8 Å². The largest absolute Gasteiger partial charge is 0.409 e. The molecule has 2 rings (SSSR count). The standard InChI is InChI=1S/C12H21N3O3/c1-8-6-12(7-8,10(13)14-18)11(17)15(4-5-16)9-2-3-9/h8-9,16,18H,2-7H2,1H3,(H2,13,14). The number of rotatable bonds is 5. The van der Waals surface area contributed by atoms with Gasteiger partial charge in [-0.3, -0.25) is 4.79 Å². The van der Waals surface area contributed by atoms with Crippen LogP contribution >= 0.6 is 0 Å². The van der Waals surface area contributed by atoms with Gasteiger partial charge in [-0.2, -0.15) is 0 Å². The van der Waals surface area contributed by atoms with E-state index in [2.05, 4.69) is 5.16 Å². The van der Waals surface area contributed by atoms with Gasteiger partial charge in [0.05, 0.1) is 6.61 Å². The predicted octanol–water partition coefficient (Wildman–Crippen LogP) is 0.132. The van der Waals surface area contributed by atoms with Crippen LogP contribution in [-0.2, 0) is 4.79 Å². The molecule has 6 nitrogen and oxygen atoms in total. The van der Waals surface area contributed by atoms with Gasteiger partial charge >= 0.3 is 0 Å². The highest BCUT2D eigenvalue weighted by Crippen LogP contribution is 2.48. The molecule has 0 bridgehead atoms. The van der Waals surface area contributed by atoms with Gasteiger partial charge in [0, 0.05) is 12.6 Å². The number of nitrogens with zero attached hydrogens (tertiary/aromatic N) is 2. The molecular formula is C12H21N3O3. The van der Waals surface area contributed by atoms with Crippen molar-refractivity contribution in [3.05, 3.63) is 0 Å². The molecular weight excluding hydrogens is 234 g/mol. The minimum Gasteiger partial charge on any atom is -0.409 e. The van der Waals surface area contributed by atoms with Gasteiger partial charge in [0.1, 0.15) is 5.41 Å². The molecule has 0 unspecified atom stereocenters. The van der Waals surface area contributed by atoms with E-state index in [9.17, 15) is 4.79 Å². The van der Waals surface area contributed by atoms with E-state index in [1.165, 1.54) is 0 Å². The quantitative estimate of drug-likeness (QED) is 0.281. The first-order valence-corrected chi connectivity index (χ1v) is 6.45. The highest BCUT2D eigenvalue weighted by molar-refractivity contribution is 6.07. The van der Waals surface area contributed by atoms with Crippen molar-refractivity contribution in [3.63, 3.8) is 0 Å². The summed E-state index contributed by atoms with van der Waals surface area (Å²) < 4.78 is 0. The maximum absolute atomic E-state index is 12.6. The minimum absolute atomic E-state index is 0.00851. The number of aliphatic hydroxyl groups is 1. The first-order valence-electron chi connectivity index (χ1n) is 6.45. The second-order valence-corrected chi connectivity index (χ2v) is 5.53. The molecule has 6 heteroatoms. The number of nitrogens with two attached hydrogens (primary N) is 1. The molecule has 0 aliphatic heterocycles. The molecule has 0 aromatic rings. The zero-order valence-electron chi connectivity index (χ0n) is 10.7. The van der Waals surface area contributed by atoms with Gasteiger partial charge in [-0.25, -0.2) is 0 Å². The van der Waals surface area contributed by atoms with Crippen LogP contribution in [0.4, 0.5) is 0 Å². The van der Waals surface area contributed by atoms with E-state index in [1.54, 1.807) is 4.90 Å². The van der Waals surface area contributed by atoms with Crippen LogP contribution in [0.15, 0.2) is 5.16 Å². The highest BCUT2D eigenvalue weighted by atomic mass is 16.4. The fourth-order valence-electron chi connectivity index (χ4n) is 2.94. The maximum atomic E-state index is 12.6. The van der Waals surface area contributed by atoms with Crippen molar-refractivity contribution in [2.45, 2.75) is 38.6 Å². The van der Waals surface area contributed by atoms with Crippen LogP contribution in [0.3, 0.4) is 0 Å². The van der Waals surface area contributed by atoms with Crippen molar-refractivity contribution >= 4 is 11.7 Å². The summed E-state index contributed by atoms with van der Waals surface area (Å²) in [5.74, 6) is 0.325. The average molecular weight is 255 g/mol. The summed E-state index contributed by atoms with van der Waals surface area (Å²) in [5.41, 5.74) is 4.88. The minimum atomic E-state index is -0.841. The fraction of sp³-hybridized carbons (Fsp3) is 0.833. The van der Waals surface area contributed by atoms with Crippen molar-refractivity contribution in [2.75, 3.05) is 13.2 Å². The number of carbonyl (C=O) groups excluding carboxylic acids is 1. The molecule has 102 valence electrons. The molecule has 2 aliphatic rings. The highest BCUT2D eigenvalue weighted by Gasteiger charge is 2.55. The number of aliphatic hydroxyl groups excluding tert-OH is 1. The van der Waals surface area contributed by atoms with Crippen LogP contribution in [0.25, 0.3) is 0 Å². The number of hydrogen-bond donors (Lipinski definition) is 3. The summed E-state index contributed by atoms with van der Waals surface area (Å²) >= 11 is 0. The molecule has 0 heterocycles. The SMILES string of the molecule is CC1CC(C(=O)N(CCO)C2CC2)(C(N)=NO)C1. The number of hydrogen-bond acceptors (Lipinski definition) is 4. The molecule has 2 saturated carbocycles. The Morgan fingerprint density at radius 1 is 1.50 bits per heavy atom. The van der Waals surface area contributed by atoms with Gasteiger partial charge in [0.25, 0.3) is 0 Å². The Morgan fingerprint density at radius 3 is 2.50 bits per heavy atom. The Balaban J connectivity index is 2.17. The zero-order chi connectivity index (χ0) is 13.3. The van der Waals surface area contributed by atoms with Gasteiger partial charge in [0.2, 0.25) is 5.91 Å². The molecule has 0 saturated heterocycles. The molecule has 2 fully saturated rings. The normalized spacial score (nSPS) is 31.9. The van der Waals surface area contributed by atoms with E-state index < -0.39 is 5.41 Å². The van der Waals surface area contributed by atoms with Crippen LogP contribution < -0.4 is 5.73 Å². The molecule has 1 amide bonds. The average Bonchev–Trinajstić information content (AvgIpc) is 3.14. The van der Waals surface area contributed by atoms with Gasteiger partial charge in [-0.15, -0.1) is 0 Å². The van der Waals surface area contributed by atoms with E-state index >= 15 is 0 Å². The lowest BCUT2D eigenvalue weighted by Gasteiger charge is -2.46. The van der Waals surface area contributed by atoms with Crippen molar-refractivity contribution < 1.29 is 15.1 Å². The van der Waals surface area contributed by atoms with E-state index in [4.69, 9.17) is 16.0 Å². The summed E-state index contributed by atoms with van der Waals surface area (Å²) in [6.07, 6.45) is 3.20. The van der Waals surface area contributed by atoms with Gasteiger partial charge in [-0.05, 0) is 31.6 Å². The third kappa shape index (κ3) is 2.05. The van der Waals surface area contributed by atoms with Crippen LogP contribution in [0.1, 0.15) is 32.6 Å². The third-order valence-electron chi connectivity index (χ3n) is 3.99. The third-order valence-corrected chi connectivity index (χ3v) is 3.99. The molecule has 0 aromatic heterocycles. The summed E-state index contributed by atoms with van der Waals surface area (Å²) in [7, 11) is 0. The number of amidine groups is 1. The van der Waals surface area contributed by atoms with Crippen LogP contribution in [0.2, 0.25) is 0 Å². The van der Waals surface area contributed by atoms with Crippen molar-refractivity contribution in [3.8, 4) is 0 Å². The van der Waals surface area contributed by atoms with E-state index in [1.807, 2.05) is 6.92 Å². The van der Waals surface area contributed by atoms with E-state index in [0.29, 0.717) is 25.3 Å².